The van der Waals surface area contributed by atoms with E-state index in [4.69, 9.17) is 0 Å². The highest BCUT2D eigenvalue weighted by atomic mass is 16.1. The van der Waals surface area contributed by atoms with Crippen molar-refractivity contribution in [2.45, 2.75) is 32.7 Å². The van der Waals surface area contributed by atoms with Crippen LogP contribution in [0.4, 0.5) is 5.69 Å². The van der Waals surface area contributed by atoms with E-state index >= 15 is 0 Å². The lowest BCUT2D eigenvalue weighted by Gasteiger charge is -2.14. The van der Waals surface area contributed by atoms with E-state index in [-0.39, 0.29) is 11.9 Å². The summed E-state index contributed by atoms with van der Waals surface area (Å²) in [6.07, 6.45) is 1.47. The zero-order chi connectivity index (χ0) is 15.8. The van der Waals surface area contributed by atoms with Gasteiger partial charge < -0.3 is 10.6 Å². The first-order valence-electron chi connectivity index (χ1n) is 7.86. The fourth-order valence-corrected chi connectivity index (χ4v) is 2.31. The Labute approximate surface area is 132 Å². The molecule has 2 aromatic rings. The van der Waals surface area contributed by atoms with Crippen molar-refractivity contribution >= 4 is 11.6 Å². The normalized spacial score (nSPS) is 11.9. The van der Waals surface area contributed by atoms with Crippen molar-refractivity contribution in [3.8, 4) is 0 Å². The van der Waals surface area contributed by atoms with Crippen molar-refractivity contribution in [3.05, 3.63) is 65.7 Å². The summed E-state index contributed by atoms with van der Waals surface area (Å²) in [4.78, 5) is 11.9. The highest BCUT2D eigenvalue weighted by molar-refractivity contribution is 5.90. The molecule has 0 aliphatic heterocycles. The molecule has 0 aliphatic rings. The maximum atomic E-state index is 11.9. The molecule has 0 aliphatic carbocycles. The fourth-order valence-electron chi connectivity index (χ4n) is 2.31. The number of amides is 1. The molecule has 1 atom stereocenters. The van der Waals surface area contributed by atoms with Crippen LogP contribution in [0.1, 0.15) is 37.4 Å². The summed E-state index contributed by atoms with van der Waals surface area (Å²) in [7, 11) is 0. The molecule has 0 spiro atoms. The molecule has 0 bridgehead atoms. The lowest BCUT2D eigenvalue weighted by atomic mass is 10.1. The smallest absolute Gasteiger partial charge is 0.225 e. The minimum Gasteiger partial charge on any atom is -0.326 e. The van der Waals surface area contributed by atoms with Crippen LogP contribution in [-0.2, 0) is 11.2 Å². The van der Waals surface area contributed by atoms with E-state index < -0.39 is 0 Å². The van der Waals surface area contributed by atoms with Crippen molar-refractivity contribution in [3.63, 3.8) is 0 Å². The highest BCUT2D eigenvalue weighted by Crippen LogP contribution is 2.12. The predicted octanol–water partition coefficient (Wildman–Crippen LogP) is 3.93. The average Bonchev–Trinajstić information content (AvgIpc) is 2.56. The molecule has 2 N–H and O–H groups in total. The van der Waals surface area contributed by atoms with E-state index in [0.717, 1.165) is 12.1 Å². The van der Waals surface area contributed by atoms with Crippen LogP contribution in [0, 0.1) is 0 Å². The molecule has 116 valence electrons. The second kappa shape index (κ2) is 8.35. The van der Waals surface area contributed by atoms with E-state index in [2.05, 4.69) is 36.6 Å². The molecule has 0 saturated carbocycles. The molecular formula is C19H24N2O. The molecule has 0 saturated heterocycles. The molecule has 2 aromatic carbocycles. The molecule has 0 fully saturated rings. The first kappa shape index (κ1) is 16.2. The van der Waals surface area contributed by atoms with E-state index in [1.807, 2.05) is 42.5 Å². The minimum atomic E-state index is 0.0389. The van der Waals surface area contributed by atoms with Crippen molar-refractivity contribution in [1.29, 1.82) is 0 Å². The Kier molecular flexibility index (Phi) is 6.16. The summed E-state index contributed by atoms with van der Waals surface area (Å²) in [6, 6.07) is 18.5. The fraction of sp³-hybridized carbons (Fsp3) is 0.316. The van der Waals surface area contributed by atoms with Crippen LogP contribution in [0.5, 0.6) is 0 Å². The van der Waals surface area contributed by atoms with Crippen molar-refractivity contribution in [2.24, 2.45) is 0 Å². The number of nitrogens with one attached hydrogen (secondary N) is 2. The Balaban J connectivity index is 1.73. The number of aryl methyl sites for hydroxylation is 1. The summed E-state index contributed by atoms with van der Waals surface area (Å²) >= 11 is 0. The van der Waals surface area contributed by atoms with E-state index in [9.17, 15) is 4.79 Å². The number of hydrogen-bond acceptors (Lipinski definition) is 2. The molecular weight excluding hydrogens is 272 g/mol. The molecule has 0 radical (unpaired) electrons. The van der Waals surface area contributed by atoms with Gasteiger partial charge in [-0.25, -0.2) is 0 Å². The number of benzene rings is 2. The van der Waals surface area contributed by atoms with Gasteiger partial charge in [0, 0.05) is 24.7 Å². The van der Waals surface area contributed by atoms with Gasteiger partial charge in [0.1, 0.15) is 0 Å². The SMILES string of the molecule is CCc1ccc(NC(=O)CCN[C@H](C)c2ccccc2)cc1. The predicted molar refractivity (Wildman–Crippen MR) is 91.9 cm³/mol. The summed E-state index contributed by atoms with van der Waals surface area (Å²) in [5, 5.41) is 6.30. The molecule has 0 aromatic heterocycles. The van der Waals surface area contributed by atoms with Crippen LogP contribution in [0.2, 0.25) is 0 Å². The standard InChI is InChI=1S/C19H24N2O/c1-3-16-9-11-18(12-10-16)21-19(22)13-14-20-15(2)17-7-5-4-6-8-17/h4-12,15,20H,3,13-14H2,1-2H3,(H,21,22)/t15-/m1/s1. The van der Waals surface area contributed by atoms with Gasteiger partial charge in [0.25, 0.3) is 0 Å². The zero-order valence-corrected chi connectivity index (χ0v) is 13.3. The van der Waals surface area contributed by atoms with Gasteiger partial charge in [0.2, 0.25) is 5.91 Å². The van der Waals surface area contributed by atoms with Crippen LogP contribution in [0.15, 0.2) is 54.6 Å². The second-order valence-corrected chi connectivity index (χ2v) is 5.44. The number of anilines is 1. The second-order valence-electron chi connectivity index (χ2n) is 5.44. The van der Waals surface area contributed by atoms with Gasteiger partial charge in [-0.1, -0.05) is 49.4 Å². The van der Waals surface area contributed by atoms with Gasteiger partial charge in [-0.2, -0.15) is 0 Å². The number of rotatable bonds is 7. The zero-order valence-electron chi connectivity index (χ0n) is 13.3. The number of carbonyl (C=O) groups excluding carboxylic acids is 1. The summed E-state index contributed by atoms with van der Waals surface area (Å²) in [5.74, 6) is 0.0389. The maximum absolute atomic E-state index is 11.9. The topological polar surface area (TPSA) is 41.1 Å². The molecule has 2 rings (SSSR count). The van der Waals surface area contributed by atoms with Crippen LogP contribution in [0.3, 0.4) is 0 Å². The third-order valence-electron chi connectivity index (χ3n) is 3.75. The van der Waals surface area contributed by atoms with E-state index in [1.165, 1.54) is 11.1 Å². The lowest BCUT2D eigenvalue weighted by molar-refractivity contribution is -0.116. The summed E-state index contributed by atoms with van der Waals surface area (Å²) < 4.78 is 0. The van der Waals surface area contributed by atoms with Gasteiger partial charge >= 0.3 is 0 Å². The maximum Gasteiger partial charge on any atom is 0.225 e. The monoisotopic (exact) mass is 296 g/mol. The minimum absolute atomic E-state index is 0.0389. The van der Waals surface area contributed by atoms with Crippen molar-refractivity contribution in [2.75, 3.05) is 11.9 Å². The molecule has 0 heterocycles. The summed E-state index contributed by atoms with van der Waals surface area (Å²) in [6.45, 7) is 4.89. The van der Waals surface area contributed by atoms with Gasteiger partial charge in [-0.15, -0.1) is 0 Å². The van der Waals surface area contributed by atoms with Gasteiger partial charge in [0.05, 0.1) is 0 Å². The molecule has 22 heavy (non-hydrogen) atoms. The third-order valence-corrected chi connectivity index (χ3v) is 3.75. The Hall–Kier alpha value is -2.13. The summed E-state index contributed by atoms with van der Waals surface area (Å²) in [5.41, 5.74) is 3.37. The third kappa shape index (κ3) is 5.01. The van der Waals surface area contributed by atoms with Crippen molar-refractivity contribution in [1.82, 2.24) is 5.32 Å². The molecule has 3 heteroatoms. The van der Waals surface area contributed by atoms with Gasteiger partial charge in [-0.05, 0) is 36.6 Å². The van der Waals surface area contributed by atoms with Crippen LogP contribution in [0.25, 0.3) is 0 Å². The Morgan fingerprint density at radius 2 is 1.73 bits per heavy atom. The van der Waals surface area contributed by atoms with Crippen LogP contribution >= 0.6 is 0 Å². The first-order chi connectivity index (χ1) is 10.7. The quantitative estimate of drug-likeness (QED) is 0.813. The highest BCUT2D eigenvalue weighted by Gasteiger charge is 2.06. The van der Waals surface area contributed by atoms with Crippen LogP contribution < -0.4 is 10.6 Å². The van der Waals surface area contributed by atoms with Gasteiger partial charge in [-0.3, -0.25) is 4.79 Å². The lowest BCUT2D eigenvalue weighted by Crippen LogP contribution is -2.24. The number of hydrogen-bond donors (Lipinski definition) is 2. The Morgan fingerprint density at radius 1 is 1.05 bits per heavy atom. The Bertz CT molecular complexity index is 578. The van der Waals surface area contributed by atoms with Gasteiger partial charge in [0.15, 0.2) is 0 Å². The largest absolute Gasteiger partial charge is 0.326 e. The number of carbonyl (C=O) groups is 1. The van der Waals surface area contributed by atoms with Crippen LogP contribution in [-0.4, -0.2) is 12.5 Å². The first-order valence-corrected chi connectivity index (χ1v) is 7.86. The van der Waals surface area contributed by atoms with E-state index in [0.29, 0.717) is 13.0 Å². The average molecular weight is 296 g/mol. The van der Waals surface area contributed by atoms with E-state index in [1.54, 1.807) is 0 Å². The molecule has 0 unspecified atom stereocenters. The molecule has 1 amide bonds. The Morgan fingerprint density at radius 3 is 2.36 bits per heavy atom. The van der Waals surface area contributed by atoms with Crippen molar-refractivity contribution < 1.29 is 4.79 Å². The molecule has 3 nitrogen and oxygen atoms in total.